The summed E-state index contributed by atoms with van der Waals surface area (Å²) in [7, 11) is 3.67. The number of hydrogen-bond acceptors (Lipinski definition) is 17. The third kappa shape index (κ3) is 27.2. The second-order valence-corrected chi connectivity index (χ2v) is 17.9. The fourth-order valence-corrected chi connectivity index (χ4v) is 6.81. The molecule has 0 aromatic carbocycles. The number of carbonyl (C=O) groups is 10. The van der Waals surface area contributed by atoms with Gasteiger partial charge in [0, 0.05) is 6.42 Å². The van der Waals surface area contributed by atoms with E-state index in [0.29, 0.717) is 38.8 Å². The molecule has 0 saturated carbocycles. The van der Waals surface area contributed by atoms with Crippen molar-refractivity contribution in [2.75, 3.05) is 40.3 Å². The summed E-state index contributed by atoms with van der Waals surface area (Å²) in [5.74, 6) is -10.1. The van der Waals surface area contributed by atoms with Crippen LogP contribution in [0, 0.1) is 0 Å². The first-order valence-electron chi connectivity index (χ1n) is 24.4. The number of amides is 9. The van der Waals surface area contributed by atoms with Crippen LogP contribution in [0.4, 0.5) is 0 Å². The number of carbonyl (C=O) groups excluding carboxylic acids is 9. The number of carboxylic acids is 1. The lowest BCUT2D eigenvalue weighted by Crippen LogP contribution is -2.79. The molecule has 0 aliphatic heterocycles. The van der Waals surface area contributed by atoms with E-state index in [9.17, 15) is 73.5 Å². The van der Waals surface area contributed by atoms with E-state index in [1.54, 1.807) is 0 Å². The zero-order valence-corrected chi connectivity index (χ0v) is 42.8. The van der Waals surface area contributed by atoms with Gasteiger partial charge >= 0.3 is 5.97 Å². The summed E-state index contributed by atoms with van der Waals surface area (Å²) in [6.45, 7) is 5.34. The van der Waals surface area contributed by atoms with Gasteiger partial charge in [-0.3, -0.25) is 48.5 Å². The predicted molar refractivity (Wildman–Crippen MR) is 259 cm³/mol. The third-order valence-corrected chi connectivity index (χ3v) is 11.3. The predicted octanol–water partition coefficient (Wildman–Crippen LogP) is -11.7. The largest absolute Gasteiger partial charge is 0.480 e. The molecule has 73 heavy (non-hydrogen) atoms. The first-order chi connectivity index (χ1) is 34.2. The van der Waals surface area contributed by atoms with Gasteiger partial charge in [-0.1, -0.05) is 0 Å². The normalized spacial score (nSPS) is 16.2. The van der Waals surface area contributed by atoms with E-state index < -0.39 is 151 Å². The molecule has 0 fully saturated rings. The summed E-state index contributed by atoms with van der Waals surface area (Å²) in [4.78, 5) is 131. The van der Waals surface area contributed by atoms with Crippen LogP contribution >= 0.6 is 0 Å². The molecule has 30 nitrogen and oxygen atoms in total. The average Bonchev–Trinajstić information content (AvgIpc) is 3.31. The van der Waals surface area contributed by atoms with E-state index >= 15 is 0 Å². The van der Waals surface area contributed by atoms with Crippen molar-refractivity contribution in [3.63, 3.8) is 0 Å². The number of hydrogen-bond donors (Lipinski definition) is 20. The number of rotatable bonds is 39. The molecule has 0 spiro atoms. The van der Waals surface area contributed by atoms with Crippen LogP contribution in [0.25, 0.3) is 0 Å². The topological polar surface area (TPSA) is 519 Å². The zero-order valence-electron chi connectivity index (χ0n) is 42.8. The Morgan fingerprint density at radius 3 is 1.32 bits per heavy atom. The van der Waals surface area contributed by atoms with Gasteiger partial charge in [0.05, 0.1) is 46.0 Å². The summed E-state index contributed by atoms with van der Waals surface area (Å²) in [5.41, 5.74) is 20.1. The van der Waals surface area contributed by atoms with Crippen molar-refractivity contribution < 1.29 is 89.8 Å². The SMILES string of the molecule is C[NH2+]CCCC[C@H](NC(=O)[C@H](CCCNC(N)N)NC(=O)[C@H](C)NC(=O)[C@@H](NC(=O)[C@H](CCC(N)=O)NC(=O)[C@H](CCCC[NH2+]C)NC(=O)[C@@H]([NH3+])[C@@H](C)O)[C@@H](C)O)C(=O)N[C@@H](CO)C(=O)N[C@H](C(=O)O)[C@@H](C)O. The van der Waals surface area contributed by atoms with Crippen molar-refractivity contribution in [2.45, 2.75) is 171 Å². The fraction of sp³-hybridized carbons (Fsp3) is 0.767. The number of nitrogens with one attached hydrogen (secondary N) is 9. The maximum Gasteiger partial charge on any atom is 0.328 e. The van der Waals surface area contributed by atoms with Gasteiger partial charge in [0.15, 0.2) is 12.1 Å². The van der Waals surface area contributed by atoms with Crippen LogP contribution in [0.3, 0.4) is 0 Å². The Labute approximate surface area is 424 Å². The molecule has 0 radical (unpaired) electrons. The molecule has 0 aromatic rings. The molecule has 12 atom stereocenters. The molecule has 27 N–H and O–H groups in total. The number of unbranched alkanes of at least 4 members (excludes halogenated alkanes) is 2. The first kappa shape index (κ1) is 67.3. The van der Waals surface area contributed by atoms with E-state index in [1.807, 2.05) is 30.0 Å². The van der Waals surface area contributed by atoms with Gasteiger partial charge in [0.25, 0.3) is 5.91 Å². The molecular formula is C43H86N15O15+3. The highest BCUT2D eigenvalue weighted by atomic mass is 16.4. The summed E-state index contributed by atoms with van der Waals surface area (Å²) in [6, 6.07) is -13.4. The number of carboxylic acid groups (broad SMARTS) is 1. The molecule has 0 rings (SSSR count). The molecule has 30 heteroatoms. The molecular weight excluding hydrogens is 967 g/mol. The second-order valence-electron chi connectivity index (χ2n) is 17.9. The lowest BCUT2D eigenvalue weighted by Gasteiger charge is -2.28. The van der Waals surface area contributed by atoms with Crippen LogP contribution in [0.2, 0.25) is 0 Å². The number of aliphatic hydroxyl groups is 4. The molecule has 0 bridgehead atoms. The van der Waals surface area contributed by atoms with E-state index in [0.717, 1.165) is 13.8 Å². The van der Waals surface area contributed by atoms with Gasteiger partial charge in [-0.2, -0.15) is 0 Å². The Kier molecular flexibility index (Phi) is 33.4. The fourth-order valence-electron chi connectivity index (χ4n) is 6.81. The van der Waals surface area contributed by atoms with Crippen LogP contribution in [0.5, 0.6) is 0 Å². The minimum absolute atomic E-state index is 0.00292. The van der Waals surface area contributed by atoms with E-state index in [1.165, 1.54) is 13.8 Å². The number of primary amides is 1. The van der Waals surface area contributed by atoms with Gasteiger partial charge in [0.1, 0.15) is 54.7 Å². The van der Waals surface area contributed by atoms with Crippen molar-refractivity contribution in [1.29, 1.82) is 0 Å². The number of nitrogens with two attached hydrogens (primary N) is 5. The van der Waals surface area contributed by atoms with Crippen molar-refractivity contribution in [3.8, 4) is 0 Å². The quantitative estimate of drug-likeness (QED) is 0.0201. The summed E-state index contributed by atoms with van der Waals surface area (Å²) >= 11 is 0. The standard InChI is InChI=1S/C43H83N15O15/c1-21(51-41(71)32(23(3)61)57-38(68)28(15-16-30(44)63)54-35(65)26(13-8-10-18-49-6)55-40(70)31(45)22(2)60)34(64)52-27(14-11-19-50-43(46)47)36(66)53-25(12-7-9-17-48-5)37(67)56-29(20-59)39(69)58-33(24(4)62)42(72)73/h21-29,31-33,43,48-50,59-62H,7-20,45-47H2,1-6H3,(H2,44,63)(H,51,71)(H,52,64)(H,53,66)(H,54,65)(H,55,70)(H,56,67)(H,57,68)(H,58,69)(H,72,73)/p+3/t21-,22+,23+,24+,25-,26-,27-,28-,29-,31-,32-,33-/m0/s1. The van der Waals surface area contributed by atoms with Crippen molar-refractivity contribution in [3.05, 3.63) is 0 Å². The third-order valence-electron chi connectivity index (χ3n) is 11.3. The highest BCUT2D eigenvalue weighted by Crippen LogP contribution is 2.09. The molecule has 0 unspecified atom stereocenters. The number of aliphatic carboxylic acids is 1. The van der Waals surface area contributed by atoms with E-state index in [4.69, 9.17) is 17.2 Å². The van der Waals surface area contributed by atoms with Crippen LogP contribution in [0.15, 0.2) is 0 Å². The molecule has 420 valence electrons. The molecule has 0 aromatic heterocycles. The Morgan fingerprint density at radius 1 is 0.507 bits per heavy atom. The highest BCUT2D eigenvalue weighted by Gasteiger charge is 2.36. The Bertz CT molecular complexity index is 1780. The first-order valence-corrected chi connectivity index (χ1v) is 24.4. The molecule has 0 aliphatic rings. The zero-order chi connectivity index (χ0) is 56.0. The highest BCUT2D eigenvalue weighted by molar-refractivity contribution is 5.98. The average molecular weight is 1050 g/mol. The second kappa shape index (κ2) is 36.3. The maximum atomic E-state index is 14.0. The Balaban J connectivity index is 6.49. The Morgan fingerprint density at radius 2 is 0.904 bits per heavy atom. The van der Waals surface area contributed by atoms with Crippen LogP contribution in [-0.4, -0.2) is 204 Å². The number of quaternary nitrogens is 3. The van der Waals surface area contributed by atoms with Crippen molar-refractivity contribution >= 4 is 59.1 Å². The van der Waals surface area contributed by atoms with Crippen LogP contribution in [-0.2, 0) is 47.9 Å². The van der Waals surface area contributed by atoms with Crippen molar-refractivity contribution in [2.24, 2.45) is 17.2 Å². The maximum absolute atomic E-state index is 14.0. The van der Waals surface area contributed by atoms with Gasteiger partial charge in [0.2, 0.25) is 47.3 Å². The molecule has 0 saturated heterocycles. The summed E-state index contributed by atoms with van der Waals surface area (Å²) in [5, 5.41) is 75.3. The van der Waals surface area contributed by atoms with Gasteiger partial charge in [-0.25, -0.2) is 4.79 Å². The molecule has 0 heterocycles. The molecule has 9 amide bonds. The van der Waals surface area contributed by atoms with Crippen LogP contribution in [0.1, 0.15) is 91.9 Å². The Hall–Kier alpha value is -5.70. The lowest BCUT2D eigenvalue weighted by molar-refractivity contribution is -0.627. The minimum atomic E-state index is -1.78. The van der Waals surface area contributed by atoms with E-state index in [-0.39, 0.29) is 38.6 Å². The van der Waals surface area contributed by atoms with Gasteiger partial charge < -0.3 is 102 Å². The van der Waals surface area contributed by atoms with Crippen molar-refractivity contribution in [1.82, 2.24) is 47.9 Å². The lowest BCUT2D eigenvalue weighted by atomic mass is 10.0. The monoisotopic (exact) mass is 1050 g/mol. The van der Waals surface area contributed by atoms with Gasteiger partial charge in [-0.15, -0.1) is 0 Å². The van der Waals surface area contributed by atoms with E-state index in [2.05, 4.69) is 48.3 Å². The minimum Gasteiger partial charge on any atom is -0.480 e. The summed E-state index contributed by atoms with van der Waals surface area (Å²) < 4.78 is 0. The summed E-state index contributed by atoms with van der Waals surface area (Å²) in [6.07, 6.45) is -3.80. The van der Waals surface area contributed by atoms with Crippen LogP contribution < -0.4 is 81.4 Å². The molecule has 0 aliphatic carbocycles. The van der Waals surface area contributed by atoms with Gasteiger partial charge in [-0.05, 0) is 92.0 Å². The smallest absolute Gasteiger partial charge is 0.328 e. The number of aliphatic hydroxyl groups excluding tert-OH is 4.